The fourth-order valence-electron chi connectivity index (χ4n) is 3.95. The smallest absolute Gasteiger partial charge is 0.268 e. The first-order valence-electron chi connectivity index (χ1n) is 10.7. The van der Waals surface area contributed by atoms with Gasteiger partial charge in [0.15, 0.2) is 11.5 Å². The van der Waals surface area contributed by atoms with Gasteiger partial charge in [-0.1, -0.05) is 51.1 Å². The highest BCUT2D eigenvalue weighted by atomic mass is 32.1. The van der Waals surface area contributed by atoms with Gasteiger partial charge in [0.05, 0.1) is 10.2 Å². The first kappa shape index (κ1) is 20.6. The van der Waals surface area contributed by atoms with Crippen molar-refractivity contribution in [2.24, 2.45) is 0 Å². The van der Waals surface area contributed by atoms with Crippen LogP contribution < -0.4 is 14.8 Å². The Morgan fingerprint density at radius 1 is 1.00 bits per heavy atom. The van der Waals surface area contributed by atoms with Gasteiger partial charge in [0.25, 0.3) is 5.91 Å². The molecule has 1 aliphatic rings. The molecule has 0 saturated heterocycles. The number of aromatic nitrogens is 1. The molecular weight excluding hydrogens is 420 g/mol. The van der Waals surface area contributed by atoms with Gasteiger partial charge in [0.1, 0.15) is 5.69 Å². The summed E-state index contributed by atoms with van der Waals surface area (Å²) in [5, 5.41) is 5.13. The molecule has 1 amide bonds. The summed E-state index contributed by atoms with van der Waals surface area (Å²) in [5.41, 5.74) is 5.32. The Labute approximate surface area is 191 Å². The van der Waals surface area contributed by atoms with Crippen LogP contribution in [0.25, 0.3) is 10.2 Å². The molecule has 0 unspecified atom stereocenters. The number of ether oxygens (including phenoxy) is 2. The lowest BCUT2D eigenvalue weighted by atomic mass is 9.87. The molecular formula is C26H26N2O3S. The maximum atomic E-state index is 13.1. The van der Waals surface area contributed by atoms with E-state index >= 15 is 0 Å². The number of hydrogen-bond donors (Lipinski definition) is 1. The van der Waals surface area contributed by atoms with Crippen LogP contribution in [0.4, 0.5) is 0 Å². The SMILES string of the molecule is CC(C)(C)c1ccc(Cn2c(C(=O)NCc3ccc4c(c3)OCO4)cc3sccc32)cc1. The van der Waals surface area contributed by atoms with E-state index in [1.165, 1.54) is 11.1 Å². The summed E-state index contributed by atoms with van der Waals surface area (Å²) in [5.74, 6) is 1.38. The molecule has 3 heterocycles. The molecule has 0 bridgehead atoms. The van der Waals surface area contributed by atoms with Crippen LogP contribution in [0.2, 0.25) is 0 Å². The maximum Gasteiger partial charge on any atom is 0.268 e. The van der Waals surface area contributed by atoms with Gasteiger partial charge in [0.2, 0.25) is 6.79 Å². The van der Waals surface area contributed by atoms with E-state index in [1.807, 2.05) is 24.3 Å². The standard InChI is InChI=1S/C26H26N2O3S/c1-26(2,3)19-7-4-17(5-8-19)15-28-20-10-11-32-24(20)13-21(28)25(29)27-14-18-6-9-22-23(12-18)31-16-30-22/h4-13H,14-16H2,1-3H3,(H,27,29). The molecule has 164 valence electrons. The highest BCUT2D eigenvalue weighted by Crippen LogP contribution is 2.32. The minimum Gasteiger partial charge on any atom is -0.454 e. The Morgan fingerprint density at radius 2 is 1.75 bits per heavy atom. The Morgan fingerprint density at radius 3 is 2.53 bits per heavy atom. The maximum absolute atomic E-state index is 13.1. The van der Waals surface area contributed by atoms with Crippen molar-refractivity contribution in [3.63, 3.8) is 0 Å². The van der Waals surface area contributed by atoms with Crippen LogP contribution >= 0.6 is 11.3 Å². The van der Waals surface area contributed by atoms with Crippen molar-refractivity contribution < 1.29 is 14.3 Å². The molecule has 5 nitrogen and oxygen atoms in total. The number of carbonyl (C=O) groups excluding carboxylic acids is 1. The Kier molecular flexibility index (Phi) is 5.18. The summed E-state index contributed by atoms with van der Waals surface area (Å²) < 4.78 is 14.0. The van der Waals surface area contributed by atoms with Crippen molar-refractivity contribution in [3.05, 3.63) is 82.4 Å². The predicted molar refractivity (Wildman–Crippen MR) is 128 cm³/mol. The fraction of sp³-hybridized carbons (Fsp3) is 0.269. The minimum atomic E-state index is -0.0858. The lowest BCUT2D eigenvalue weighted by molar-refractivity contribution is 0.0942. The number of hydrogen-bond acceptors (Lipinski definition) is 4. The van der Waals surface area contributed by atoms with E-state index in [0.29, 0.717) is 18.8 Å². The van der Waals surface area contributed by atoms with Gasteiger partial charge < -0.3 is 19.4 Å². The minimum absolute atomic E-state index is 0.0858. The van der Waals surface area contributed by atoms with E-state index in [2.05, 4.69) is 66.4 Å². The number of nitrogens with one attached hydrogen (secondary N) is 1. The average molecular weight is 447 g/mol. The number of rotatable bonds is 5. The zero-order valence-corrected chi connectivity index (χ0v) is 19.3. The molecule has 5 rings (SSSR count). The van der Waals surface area contributed by atoms with Crippen molar-refractivity contribution in [1.82, 2.24) is 9.88 Å². The average Bonchev–Trinajstić information content (AvgIpc) is 3.48. The highest BCUT2D eigenvalue weighted by Gasteiger charge is 2.19. The normalized spacial score (nSPS) is 13.0. The molecule has 0 radical (unpaired) electrons. The summed E-state index contributed by atoms with van der Waals surface area (Å²) in [4.78, 5) is 13.1. The van der Waals surface area contributed by atoms with Gasteiger partial charge >= 0.3 is 0 Å². The molecule has 0 saturated carbocycles. The van der Waals surface area contributed by atoms with Gasteiger partial charge in [-0.3, -0.25) is 4.79 Å². The van der Waals surface area contributed by atoms with Gasteiger partial charge in [-0.15, -0.1) is 11.3 Å². The second-order valence-corrected chi connectivity index (χ2v) is 10.1. The number of nitrogens with zero attached hydrogens (tertiary/aromatic N) is 1. The summed E-state index contributed by atoms with van der Waals surface area (Å²) >= 11 is 1.65. The zero-order chi connectivity index (χ0) is 22.3. The summed E-state index contributed by atoms with van der Waals surface area (Å²) in [6.45, 7) is 7.96. The molecule has 0 aliphatic carbocycles. The van der Waals surface area contributed by atoms with Gasteiger partial charge in [-0.2, -0.15) is 0 Å². The first-order chi connectivity index (χ1) is 15.4. The number of amides is 1. The van der Waals surface area contributed by atoms with Crippen LogP contribution in [0, 0.1) is 0 Å². The molecule has 2 aromatic heterocycles. The quantitative estimate of drug-likeness (QED) is 0.427. The third-order valence-electron chi connectivity index (χ3n) is 5.81. The van der Waals surface area contributed by atoms with Crippen molar-refractivity contribution in [2.45, 2.75) is 39.3 Å². The van der Waals surface area contributed by atoms with Crippen LogP contribution in [0.1, 0.15) is 48.0 Å². The van der Waals surface area contributed by atoms with Crippen LogP contribution in [0.5, 0.6) is 11.5 Å². The zero-order valence-electron chi connectivity index (χ0n) is 18.5. The third-order valence-corrected chi connectivity index (χ3v) is 6.66. The van der Waals surface area contributed by atoms with Crippen molar-refractivity contribution in [1.29, 1.82) is 0 Å². The van der Waals surface area contributed by atoms with Crippen molar-refractivity contribution >= 4 is 27.5 Å². The number of fused-ring (bicyclic) bond motifs is 2. The number of carbonyl (C=O) groups is 1. The van der Waals surface area contributed by atoms with E-state index < -0.39 is 0 Å². The molecule has 1 N–H and O–H groups in total. The Hall–Kier alpha value is -3.25. The summed E-state index contributed by atoms with van der Waals surface area (Å²) in [7, 11) is 0. The van der Waals surface area contributed by atoms with Gasteiger partial charge in [-0.25, -0.2) is 0 Å². The molecule has 0 atom stereocenters. The van der Waals surface area contributed by atoms with Crippen molar-refractivity contribution in [3.8, 4) is 11.5 Å². The van der Waals surface area contributed by atoms with Crippen LogP contribution in [-0.4, -0.2) is 17.3 Å². The second-order valence-electron chi connectivity index (χ2n) is 9.10. The topological polar surface area (TPSA) is 52.5 Å². The van der Waals surface area contributed by atoms with E-state index in [-0.39, 0.29) is 18.1 Å². The van der Waals surface area contributed by atoms with Gasteiger partial charge in [-0.05, 0) is 51.8 Å². The van der Waals surface area contributed by atoms with Crippen LogP contribution in [-0.2, 0) is 18.5 Å². The molecule has 2 aromatic carbocycles. The number of thiophene rings is 1. The third kappa shape index (κ3) is 3.98. The van der Waals surface area contributed by atoms with E-state index in [0.717, 1.165) is 27.3 Å². The second kappa shape index (κ2) is 8.02. The largest absolute Gasteiger partial charge is 0.454 e. The molecule has 0 fully saturated rings. The van der Waals surface area contributed by atoms with E-state index in [1.54, 1.807) is 11.3 Å². The Bertz CT molecular complexity index is 1280. The lowest BCUT2D eigenvalue weighted by Gasteiger charge is -2.19. The van der Waals surface area contributed by atoms with E-state index in [9.17, 15) is 4.79 Å². The molecule has 6 heteroatoms. The molecule has 32 heavy (non-hydrogen) atoms. The van der Waals surface area contributed by atoms with Gasteiger partial charge in [0, 0.05) is 13.1 Å². The lowest BCUT2D eigenvalue weighted by Crippen LogP contribution is -2.25. The monoisotopic (exact) mass is 446 g/mol. The fourth-order valence-corrected chi connectivity index (χ4v) is 4.77. The number of benzene rings is 2. The molecule has 4 aromatic rings. The predicted octanol–water partition coefficient (Wildman–Crippen LogP) is 5.71. The van der Waals surface area contributed by atoms with Crippen LogP contribution in [0.15, 0.2) is 60.0 Å². The summed E-state index contributed by atoms with van der Waals surface area (Å²) in [6.07, 6.45) is 0. The van der Waals surface area contributed by atoms with E-state index in [4.69, 9.17) is 9.47 Å². The Balaban J connectivity index is 1.36. The molecule has 0 spiro atoms. The first-order valence-corrected chi connectivity index (χ1v) is 11.6. The summed E-state index contributed by atoms with van der Waals surface area (Å²) in [6, 6.07) is 18.5. The van der Waals surface area contributed by atoms with Crippen LogP contribution in [0.3, 0.4) is 0 Å². The molecule has 1 aliphatic heterocycles. The highest BCUT2D eigenvalue weighted by molar-refractivity contribution is 7.17. The van der Waals surface area contributed by atoms with Crippen molar-refractivity contribution in [2.75, 3.05) is 6.79 Å².